The van der Waals surface area contributed by atoms with Crippen LogP contribution in [0.5, 0.6) is 5.88 Å². The van der Waals surface area contributed by atoms with Gasteiger partial charge in [0.2, 0.25) is 5.88 Å². The lowest BCUT2D eigenvalue weighted by molar-refractivity contribution is 0.401. The van der Waals surface area contributed by atoms with E-state index in [0.717, 1.165) is 0 Å². The Hall–Kier alpha value is -1.80. The molecule has 0 saturated heterocycles. The number of benzene rings is 1. The highest BCUT2D eigenvalue weighted by molar-refractivity contribution is 9.10. The Morgan fingerprint density at radius 3 is 2.90 bits per heavy atom. The Kier molecular flexibility index (Phi) is 3.27. The number of nitrogens with zero attached hydrogens (tertiary/aromatic N) is 3. The normalized spacial score (nSPS) is 10.9. The SMILES string of the molecule is COc1ncnc2c1[nH]c(=S)n2-c1c(F)cccc1Br. The molecule has 0 unspecified atom stereocenters. The van der Waals surface area contributed by atoms with Gasteiger partial charge in [0.05, 0.1) is 12.8 Å². The van der Waals surface area contributed by atoms with Crippen LogP contribution >= 0.6 is 28.1 Å². The molecule has 0 aliphatic rings. The van der Waals surface area contributed by atoms with Crippen LogP contribution < -0.4 is 4.74 Å². The highest BCUT2D eigenvalue weighted by atomic mass is 79.9. The first-order valence-corrected chi connectivity index (χ1v) is 6.77. The van der Waals surface area contributed by atoms with Gasteiger partial charge in [-0.3, -0.25) is 4.57 Å². The van der Waals surface area contributed by atoms with Crippen molar-refractivity contribution in [2.24, 2.45) is 0 Å². The minimum absolute atomic E-state index is 0.296. The van der Waals surface area contributed by atoms with Crippen LogP contribution in [0.25, 0.3) is 16.9 Å². The maximum absolute atomic E-state index is 14.1. The van der Waals surface area contributed by atoms with Crippen LogP contribution in [0.3, 0.4) is 0 Å². The summed E-state index contributed by atoms with van der Waals surface area (Å²) in [5.41, 5.74) is 1.27. The third-order valence-electron chi connectivity index (χ3n) is 2.79. The quantitative estimate of drug-likeness (QED) is 0.716. The lowest BCUT2D eigenvalue weighted by Crippen LogP contribution is -2.00. The average Bonchev–Trinajstić information content (AvgIpc) is 2.75. The van der Waals surface area contributed by atoms with Gasteiger partial charge in [0.1, 0.15) is 17.7 Å². The highest BCUT2D eigenvalue weighted by Crippen LogP contribution is 2.29. The number of hydrogen-bond donors (Lipinski definition) is 1. The molecule has 0 saturated carbocycles. The first-order chi connectivity index (χ1) is 9.63. The van der Waals surface area contributed by atoms with Gasteiger partial charge in [-0.25, -0.2) is 9.37 Å². The lowest BCUT2D eigenvalue weighted by atomic mass is 10.3. The summed E-state index contributed by atoms with van der Waals surface area (Å²) in [5, 5.41) is 0. The van der Waals surface area contributed by atoms with E-state index >= 15 is 0 Å². The number of halogens is 2. The summed E-state index contributed by atoms with van der Waals surface area (Å²) in [7, 11) is 1.50. The smallest absolute Gasteiger partial charge is 0.242 e. The van der Waals surface area contributed by atoms with Crippen molar-refractivity contribution in [2.75, 3.05) is 7.11 Å². The summed E-state index contributed by atoms with van der Waals surface area (Å²) in [5.74, 6) is -0.0544. The van der Waals surface area contributed by atoms with Crippen molar-refractivity contribution in [1.29, 1.82) is 0 Å². The van der Waals surface area contributed by atoms with Crippen LogP contribution in [0.15, 0.2) is 29.0 Å². The van der Waals surface area contributed by atoms with Crippen LogP contribution in [0.4, 0.5) is 4.39 Å². The molecule has 2 aromatic heterocycles. The third-order valence-corrected chi connectivity index (χ3v) is 3.72. The van der Waals surface area contributed by atoms with Gasteiger partial charge < -0.3 is 9.72 Å². The maximum atomic E-state index is 14.1. The molecule has 0 amide bonds. The summed E-state index contributed by atoms with van der Waals surface area (Å²) in [4.78, 5) is 11.1. The number of rotatable bonds is 2. The van der Waals surface area contributed by atoms with Crippen molar-refractivity contribution in [3.05, 3.63) is 39.6 Å². The number of para-hydroxylation sites is 1. The number of fused-ring (bicyclic) bond motifs is 1. The topological polar surface area (TPSA) is 55.7 Å². The molecule has 2 heterocycles. The molecule has 1 aromatic carbocycles. The first kappa shape index (κ1) is 13.2. The van der Waals surface area contributed by atoms with Gasteiger partial charge in [-0.2, -0.15) is 4.98 Å². The molecule has 0 bridgehead atoms. The molecular weight excluding hydrogens is 347 g/mol. The van der Waals surface area contributed by atoms with E-state index in [1.807, 2.05) is 0 Å². The van der Waals surface area contributed by atoms with E-state index in [2.05, 4.69) is 30.9 Å². The van der Waals surface area contributed by atoms with E-state index in [1.165, 1.54) is 24.1 Å². The Labute approximate surface area is 126 Å². The van der Waals surface area contributed by atoms with Crippen molar-refractivity contribution in [1.82, 2.24) is 19.5 Å². The van der Waals surface area contributed by atoms with Crippen LogP contribution in [0, 0.1) is 10.6 Å². The van der Waals surface area contributed by atoms with Crippen molar-refractivity contribution in [3.8, 4) is 11.6 Å². The third kappa shape index (κ3) is 1.92. The molecule has 5 nitrogen and oxygen atoms in total. The van der Waals surface area contributed by atoms with Crippen molar-refractivity contribution in [3.63, 3.8) is 0 Å². The minimum atomic E-state index is -0.408. The zero-order chi connectivity index (χ0) is 14.3. The molecule has 0 atom stereocenters. The largest absolute Gasteiger partial charge is 0.479 e. The minimum Gasteiger partial charge on any atom is -0.479 e. The molecule has 0 aliphatic heterocycles. The van der Waals surface area contributed by atoms with Gasteiger partial charge in [0.25, 0.3) is 0 Å². The monoisotopic (exact) mass is 354 g/mol. The molecule has 3 aromatic rings. The standard InChI is InChI=1S/C12H8BrFN4OS/c1-19-11-8-10(15-5-16-11)18(12(20)17-8)9-6(13)3-2-4-7(9)14/h2-5H,1H3,(H,17,20). The molecule has 0 fully saturated rings. The van der Waals surface area contributed by atoms with Crippen LogP contribution in [-0.2, 0) is 0 Å². The second kappa shape index (κ2) is 4.95. The average molecular weight is 355 g/mol. The van der Waals surface area contributed by atoms with Gasteiger partial charge in [-0.15, -0.1) is 0 Å². The summed E-state index contributed by atoms with van der Waals surface area (Å²) < 4.78 is 21.7. The molecule has 3 rings (SSSR count). The molecule has 0 spiro atoms. The molecule has 102 valence electrons. The molecule has 0 radical (unpaired) electrons. The van der Waals surface area contributed by atoms with Gasteiger partial charge >= 0.3 is 0 Å². The number of aromatic nitrogens is 4. The Bertz CT molecular complexity index is 840. The summed E-state index contributed by atoms with van der Waals surface area (Å²) in [6.45, 7) is 0. The van der Waals surface area contributed by atoms with Crippen LogP contribution in [0.1, 0.15) is 0 Å². The van der Waals surface area contributed by atoms with Gasteiger partial charge in [0, 0.05) is 4.47 Å². The summed E-state index contributed by atoms with van der Waals surface area (Å²) >= 11 is 8.59. The van der Waals surface area contributed by atoms with Gasteiger partial charge in [-0.05, 0) is 40.3 Å². The number of methoxy groups -OCH3 is 1. The van der Waals surface area contributed by atoms with Crippen molar-refractivity contribution < 1.29 is 9.13 Å². The zero-order valence-electron chi connectivity index (χ0n) is 10.2. The molecular formula is C12H8BrFN4OS. The van der Waals surface area contributed by atoms with E-state index in [0.29, 0.717) is 32.0 Å². The number of imidazole rings is 1. The first-order valence-electron chi connectivity index (χ1n) is 5.57. The molecule has 20 heavy (non-hydrogen) atoms. The second-order valence-corrected chi connectivity index (χ2v) is 5.16. The lowest BCUT2D eigenvalue weighted by Gasteiger charge is -2.07. The van der Waals surface area contributed by atoms with E-state index < -0.39 is 5.82 Å². The number of aromatic amines is 1. The van der Waals surface area contributed by atoms with Crippen LogP contribution in [0.2, 0.25) is 0 Å². The van der Waals surface area contributed by atoms with Crippen molar-refractivity contribution in [2.45, 2.75) is 0 Å². The van der Waals surface area contributed by atoms with Crippen LogP contribution in [-0.4, -0.2) is 26.6 Å². The molecule has 1 N–H and O–H groups in total. The number of hydrogen-bond acceptors (Lipinski definition) is 4. The Morgan fingerprint density at radius 1 is 1.40 bits per heavy atom. The predicted molar refractivity (Wildman–Crippen MR) is 78.3 cm³/mol. The Balaban J connectivity index is 2.44. The van der Waals surface area contributed by atoms with E-state index in [9.17, 15) is 4.39 Å². The fourth-order valence-electron chi connectivity index (χ4n) is 1.96. The molecule has 0 aliphatic carbocycles. The highest BCUT2D eigenvalue weighted by Gasteiger charge is 2.17. The summed E-state index contributed by atoms with van der Waals surface area (Å²) in [6, 6.07) is 4.70. The van der Waals surface area contributed by atoms with Gasteiger partial charge in [0.15, 0.2) is 10.4 Å². The Morgan fingerprint density at radius 2 is 2.20 bits per heavy atom. The van der Waals surface area contributed by atoms with Crippen molar-refractivity contribution >= 4 is 39.3 Å². The van der Waals surface area contributed by atoms with E-state index in [-0.39, 0.29) is 0 Å². The number of ether oxygens (including phenoxy) is 1. The number of H-pyrrole nitrogens is 1. The zero-order valence-corrected chi connectivity index (χ0v) is 12.6. The molecule has 8 heteroatoms. The number of nitrogens with one attached hydrogen (secondary N) is 1. The summed E-state index contributed by atoms with van der Waals surface area (Å²) in [6.07, 6.45) is 1.34. The predicted octanol–water partition coefficient (Wildman–Crippen LogP) is 3.39. The second-order valence-electron chi connectivity index (χ2n) is 3.92. The fraction of sp³-hybridized carbons (Fsp3) is 0.0833. The van der Waals surface area contributed by atoms with E-state index in [4.69, 9.17) is 17.0 Å². The maximum Gasteiger partial charge on any atom is 0.242 e. The fourth-order valence-corrected chi connectivity index (χ4v) is 2.76. The van der Waals surface area contributed by atoms with Gasteiger partial charge in [-0.1, -0.05) is 6.07 Å². The van der Waals surface area contributed by atoms with E-state index in [1.54, 1.807) is 12.1 Å².